The Morgan fingerprint density at radius 1 is 1.44 bits per heavy atom. The highest BCUT2D eigenvalue weighted by atomic mass is 15.2. The molecule has 3 nitrogen and oxygen atoms in total. The summed E-state index contributed by atoms with van der Waals surface area (Å²) in [4.78, 5) is 4.95. The number of likely N-dealkylation sites (tertiary alicyclic amines) is 1. The van der Waals surface area contributed by atoms with Crippen molar-refractivity contribution in [2.45, 2.75) is 32.7 Å². The number of nitrogens with zero attached hydrogens (tertiary/aromatic N) is 2. The van der Waals surface area contributed by atoms with Gasteiger partial charge in [-0.25, -0.2) is 0 Å². The van der Waals surface area contributed by atoms with Crippen LogP contribution < -0.4 is 5.32 Å². The molecule has 1 saturated heterocycles. The molecule has 0 aromatic carbocycles. The van der Waals surface area contributed by atoms with E-state index in [0.717, 1.165) is 12.5 Å². The summed E-state index contributed by atoms with van der Waals surface area (Å²) in [7, 11) is 4.49. The van der Waals surface area contributed by atoms with E-state index in [1.807, 2.05) is 0 Å². The van der Waals surface area contributed by atoms with E-state index in [2.05, 4.69) is 43.1 Å². The maximum absolute atomic E-state index is 3.54. The largest absolute Gasteiger partial charge is 0.313 e. The lowest BCUT2D eigenvalue weighted by atomic mass is 10.1. The summed E-state index contributed by atoms with van der Waals surface area (Å²) < 4.78 is 0. The summed E-state index contributed by atoms with van der Waals surface area (Å²) in [6.07, 6.45) is 2.60. The minimum absolute atomic E-state index is 0.661. The summed E-state index contributed by atoms with van der Waals surface area (Å²) in [6, 6.07) is 0.661. The molecule has 1 rings (SSSR count). The second-order valence-corrected chi connectivity index (χ2v) is 5.30. The van der Waals surface area contributed by atoms with Crippen molar-refractivity contribution in [2.75, 3.05) is 46.8 Å². The van der Waals surface area contributed by atoms with Gasteiger partial charge in [-0.1, -0.05) is 13.8 Å². The molecular weight excluding hydrogens is 198 g/mol. The van der Waals surface area contributed by atoms with Crippen molar-refractivity contribution in [1.82, 2.24) is 15.1 Å². The van der Waals surface area contributed by atoms with Gasteiger partial charge in [-0.2, -0.15) is 0 Å². The van der Waals surface area contributed by atoms with E-state index >= 15 is 0 Å². The molecule has 2 atom stereocenters. The van der Waals surface area contributed by atoms with E-state index in [9.17, 15) is 0 Å². The lowest BCUT2D eigenvalue weighted by molar-refractivity contribution is 0.245. The average Bonchev–Trinajstić information content (AvgIpc) is 2.63. The molecule has 0 amide bonds. The molecule has 0 radical (unpaired) electrons. The SMILES string of the molecule is CCNC(CC)CN(C)CC1CCN(C)C1. The highest BCUT2D eigenvalue weighted by molar-refractivity contribution is 4.77. The van der Waals surface area contributed by atoms with Crippen LogP contribution in [0.1, 0.15) is 26.7 Å². The number of hydrogen-bond acceptors (Lipinski definition) is 3. The smallest absolute Gasteiger partial charge is 0.0192 e. The Morgan fingerprint density at radius 3 is 2.69 bits per heavy atom. The molecule has 1 aliphatic heterocycles. The highest BCUT2D eigenvalue weighted by Crippen LogP contribution is 2.15. The fraction of sp³-hybridized carbons (Fsp3) is 1.00. The van der Waals surface area contributed by atoms with Crippen molar-refractivity contribution in [2.24, 2.45) is 5.92 Å². The third-order valence-electron chi connectivity index (χ3n) is 3.58. The van der Waals surface area contributed by atoms with Crippen LogP contribution in [-0.2, 0) is 0 Å². The van der Waals surface area contributed by atoms with Crippen molar-refractivity contribution in [3.05, 3.63) is 0 Å². The van der Waals surface area contributed by atoms with Crippen LogP contribution in [0.2, 0.25) is 0 Å². The Kier molecular flexibility index (Phi) is 6.32. The van der Waals surface area contributed by atoms with Gasteiger partial charge in [0.2, 0.25) is 0 Å². The summed E-state index contributed by atoms with van der Waals surface area (Å²) in [5.74, 6) is 0.883. The van der Waals surface area contributed by atoms with Crippen LogP contribution in [-0.4, -0.2) is 62.7 Å². The zero-order chi connectivity index (χ0) is 12.0. The van der Waals surface area contributed by atoms with Gasteiger partial charge in [-0.15, -0.1) is 0 Å². The van der Waals surface area contributed by atoms with Gasteiger partial charge in [-0.05, 0) is 45.9 Å². The third kappa shape index (κ3) is 4.81. The van der Waals surface area contributed by atoms with Crippen LogP contribution >= 0.6 is 0 Å². The quantitative estimate of drug-likeness (QED) is 0.706. The zero-order valence-electron chi connectivity index (χ0n) is 11.5. The first-order chi connectivity index (χ1) is 7.65. The second-order valence-electron chi connectivity index (χ2n) is 5.30. The van der Waals surface area contributed by atoms with Gasteiger partial charge < -0.3 is 15.1 Å². The van der Waals surface area contributed by atoms with Crippen molar-refractivity contribution in [3.63, 3.8) is 0 Å². The van der Waals surface area contributed by atoms with Crippen molar-refractivity contribution in [1.29, 1.82) is 0 Å². The number of rotatable bonds is 7. The predicted molar refractivity (Wildman–Crippen MR) is 70.9 cm³/mol. The van der Waals surface area contributed by atoms with E-state index in [4.69, 9.17) is 0 Å². The molecule has 2 unspecified atom stereocenters. The molecule has 1 fully saturated rings. The van der Waals surface area contributed by atoms with Gasteiger partial charge >= 0.3 is 0 Å². The maximum Gasteiger partial charge on any atom is 0.0192 e. The molecule has 0 spiro atoms. The summed E-state index contributed by atoms with van der Waals surface area (Å²) in [5.41, 5.74) is 0. The maximum atomic E-state index is 3.54. The molecule has 0 aliphatic carbocycles. The molecule has 1 heterocycles. The van der Waals surface area contributed by atoms with Gasteiger partial charge in [0.05, 0.1) is 0 Å². The summed E-state index contributed by atoms with van der Waals surface area (Å²) in [5, 5.41) is 3.54. The van der Waals surface area contributed by atoms with Crippen LogP contribution in [0.25, 0.3) is 0 Å². The van der Waals surface area contributed by atoms with Crippen LogP contribution in [0.5, 0.6) is 0 Å². The standard InChI is InChI=1S/C13H29N3/c1-5-13(14-6-2)11-16(4)10-12-7-8-15(3)9-12/h12-14H,5-11H2,1-4H3. The van der Waals surface area contributed by atoms with Crippen molar-refractivity contribution >= 4 is 0 Å². The Bertz CT molecular complexity index is 178. The summed E-state index contributed by atoms with van der Waals surface area (Å²) >= 11 is 0. The van der Waals surface area contributed by atoms with Crippen molar-refractivity contribution < 1.29 is 0 Å². The predicted octanol–water partition coefficient (Wildman–Crippen LogP) is 1.26. The fourth-order valence-corrected chi connectivity index (χ4v) is 2.69. The molecule has 0 aromatic rings. The van der Waals surface area contributed by atoms with Crippen LogP contribution in [0.4, 0.5) is 0 Å². The average molecular weight is 227 g/mol. The van der Waals surface area contributed by atoms with E-state index in [-0.39, 0.29) is 0 Å². The van der Waals surface area contributed by atoms with Gasteiger partial charge in [0.25, 0.3) is 0 Å². The highest BCUT2D eigenvalue weighted by Gasteiger charge is 2.21. The molecule has 0 bridgehead atoms. The van der Waals surface area contributed by atoms with Gasteiger partial charge in [0.15, 0.2) is 0 Å². The lowest BCUT2D eigenvalue weighted by Crippen LogP contribution is -2.40. The Balaban J connectivity index is 2.21. The van der Waals surface area contributed by atoms with Crippen LogP contribution in [0, 0.1) is 5.92 Å². The topological polar surface area (TPSA) is 18.5 Å². The lowest BCUT2D eigenvalue weighted by Gasteiger charge is -2.26. The molecule has 0 aromatic heterocycles. The Hall–Kier alpha value is -0.120. The van der Waals surface area contributed by atoms with Gasteiger partial charge in [-0.3, -0.25) is 0 Å². The number of nitrogens with one attached hydrogen (secondary N) is 1. The first kappa shape index (κ1) is 13.9. The van der Waals surface area contributed by atoms with E-state index in [1.54, 1.807) is 0 Å². The summed E-state index contributed by atoms with van der Waals surface area (Å²) in [6.45, 7) is 10.5. The number of likely N-dealkylation sites (N-methyl/N-ethyl adjacent to an activating group) is 2. The first-order valence-corrected chi connectivity index (χ1v) is 6.76. The van der Waals surface area contributed by atoms with E-state index in [1.165, 1.54) is 39.0 Å². The second kappa shape index (κ2) is 7.25. The minimum Gasteiger partial charge on any atom is -0.313 e. The van der Waals surface area contributed by atoms with Gasteiger partial charge in [0, 0.05) is 25.7 Å². The van der Waals surface area contributed by atoms with Gasteiger partial charge in [0.1, 0.15) is 0 Å². The molecule has 0 saturated carbocycles. The molecule has 1 aliphatic rings. The normalized spacial score (nSPS) is 24.2. The Labute approximate surface area is 101 Å². The van der Waals surface area contributed by atoms with Crippen LogP contribution in [0.15, 0.2) is 0 Å². The molecular formula is C13H29N3. The molecule has 3 heteroatoms. The van der Waals surface area contributed by atoms with E-state index in [0.29, 0.717) is 6.04 Å². The minimum atomic E-state index is 0.661. The first-order valence-electron chi connectivity index (χ1n) is 6.76. The molecule has 16 heavy (non-hydrogen) atoms. The Morgan fingerprint density at radius 2 is 2.19 bits per heavy atom. The van der Waals surface area contributed by atoms with Crippen molar-refractivity contribution in [3.8, 4) is 0 Å². The van der Waals surface area contributed by atoms with E-state index < -0.39 is 0 Å². The molecule has 1 N–H and O–H groups in total. The fourth-order valence-electron chi connectivity index (χ4n) is 2.69. The van der Waals surface area contributed by atoms with Crippen LogP contribution in [0.3, 0.4) is 0 Å². The monoisotopic (exact) mass is 227 g/mol. The third-order valence-corrected chi connectivity index (χ3v) is 3.58. The molecule has 96 valence electrons. The zero-order valence-corrected chi connectivity index (χ0v) is 11.5. The number of hydrogen-bond donors (Lipinski definition) is 1.